The lowest BCUT2D eigenvalue weighted by atomic mass is 9.73. The van der Waals surface area contributed by atoms with Crippen molar-refractivity contribution < 1.29 is 19.1 Å². The van der Waals surface area contributed by atoms with Gasteiger partial charge in [0.05, 0.1) is 18.4 Å². The number of benzene rings is 2. The Hall–Kier alpha value is -3.14. The molecular formula is C27H29ClN4O4S. The molecule has 0 spiro atoms. The van der Waals surface area contributed by atoms with Crippen LogP contribution >= 0.6 is 22.9 Å². The van der Waals surface area contributed by atoms with E-state index in [9.17, 15) is 14.4 Å². The van der Waals surface area contributed by atoms with Gasteiger partial charge in [0.15, 0.2) is 0 Å². The maximum atomic E-state index is 13.5. The second-order valence-electron chi connectivity index (χ2n) is 9.08. The zero-order valence-electron chi connectivity index (χ0n) is 20.4. The summed E-state index contributed by atoms with van der Waals surface area (Å²) in [7, 11) is 0. The zero-order valence-corrected chi connectivity index (χ0v) is 22.0. The number of ether oxygens (including phenoxy) is 1. The van der Waals surface area contributed by atoms with E-state index in [0.717, 1.165) is 16.1 Å². The van der Waals surface area contributed by atoms with E-state index in [2.05, 4.69) is 10.2 Å². The maximum Gasteiger partial charge on any atom is 0.312 e. The van der Waals surface area contributed by atoms with E-state index in [4.69, 9.17) is 22.1 Å². The van der Waals surface area contributed by atoms with Crippen LogP contribution in [0.15, 0.2) is 54.6 Å². The Kier molecular flexibility index (Phi) is 9.02. The Morgan fingerprint density at radius 2 is 1.73 bits per heavy atom. The number of aryl methyl sites for hydroxylation is 1. The molecule has 8 nitrogen and oxygen atoms in total. The lowest BCUT2D eigenvalue weighted by molar-refractivity contribution is -0.153. The van der Waals surface area contributed by atoms with Crippen LogP contribution in [-0.2, 0) is 32.0 Å². The van der Waals surface area contributed by atoms with Crippen molar-refractivity contribution in [3.05, 3.63) is 70.2 Å². The molecule has 37 heavy (non-hydrogen) atoms. The smallest absolute Gasteiger partial charge is 0.312 e. The number of halogens is 1. The Bertz CT molecular complexity index is 1240. The molecule has 0 aliphatic carbocycles. The Balaban J connectivity index is 1.40. The first-order valence-electron chi connectivity index (χ1n) is 12.2. The molecule has 4 rings (SSSR count). The van der Waals surface area contributed by atoms with Gasteiger partial charge in [0.25, 0.3) is 0 Å². The third kappa shape index (κ3) is 6.80. The number of ketones is 1. The first-order chi connectivity index (χ1) is 17.9. The van der Waals surface area contributed by atoms with Crippen molar-refractivity contribution in [1.29, 1.82) is 0 Å². The molecule has 1 aromatic heterocycles. The average Bonchev–Trinajstić information content (AvgIpc) is 3.40. The zero-order chi connectivity index (χ0) is 26.3. The molecule has 0 unspecified atom stereocenters. The van der Waals surface area contributed by atoms with Gasteiger partial charge in [-0.1, -0.05) is 71.5 Å². The number of nitrogens with two attached hydrogens (primary N) is 1. The van der Waals surface area contributed by atoms with E-state index in [1.165, 1.54) is 11.3 Å². The number of hydrogen-bond donors (Lipinski definition) is 1. The number of nitrogens with zero attached hydrogens (tertiary/aromatic N) is 3. The van der Waals surface area contributed by atoms with Gasteiger partial charge >= 0.3 is 5.97 Å². The number of Topliss-reactive ketones (excluding diaryl/α,β-unsaturated/α-hetero) is 1. The number of esters is 1. The van der Waals surface area contributed by atoms with Gasteiger partial charge in [0, 0.05) is 30.1 Å². The minimum atomic E-state index is -0.862. The third-order valence-electron chi connectivity index (χ3n) is 6.71. The van der Waals surface area contributed by atoms with Crippen LogP contribution in [0.3, 0.4) is 0 Å². The predicted octanol–water partition coefficient (Wildman–Crippen LogP) is 3.71. The molecule has 3 aromatic rings. The predicted molar refractivity (Wildman–Crippen MR) is 142 cm³/mol. The summed E-state index contributed by atoms with van der Waals surface area (Å²) >= 11 is 7.61. The summed E-state index contributed by atoms with van der Waals surface area (Å²) in [5.41, 5.74) is 6.48. The number of rotatable bonds is 10. The fourth-order valence-corrected chi connectivity index (χ4v) is 5.51. The quantitative estimate of drug-likeness (QED) is 0.390. The molecule has 1 aliphatic rings. The summed E-state index contributed by atoms with van der Waals surface area (Å²) in [6.07, 6.45) is 1.55. The van der Waals surface area contributed by atoms with Gasteiger partial charge in [-0.05, 0) is 30.9 Å². The minimum absolute atomic E-state index is 0.00217. The maximum absolute atomic E-state index is 13.5. The topological polar surface area (TPSA) is 115 Å². The van der Waals surface area contributed by atoms with E-state index in [0.29, 0.717) is 42.4 Å². The molecule has 1 saturated heterocycles. The lowest BCUT2D eigenvalue weighted by Gasteiger charge is -2.40. The van der Waals surface area contributed by atoms with Crippen LogP contribution in [0.4, 0.5) is 0 Å². The Labute approximate surface area is 224 Å². The monoisotopic (exact) mass is 540 g/mol. The highest BCUT2D eigenvalue weighted by atomic mass is 35.5. The molecule has 194 valence electrons. The van der Waals surface area contributed by atoms with Crippen LogP contribution < -0.4 is 5.73 Å². The van der Waals surface area contributed by atoms with Crippen LogP contribution in [0.2, 0.25) is 5.02 Å². The molecule has 1 fully saturated rings. The fraction of sp³-hybridized carbons (Fsp3) is 0.370. The van der Waals surface area contributed by atoms with Crippen LogP contribution in [0, 0.1) is 5.41 Å². The van der Waals surface area contributed by atoms with Gasteiger partial charge in [-0.25, -0.2) is 0 Å². The van der Waals surface area contributed by atoms with Crippen molar-refractivity contribution in [3.63, 3.8) is 0 Å². The normalized spacial score (nSPS) is 14.8. The van der Waals surface area contributed by atoms with E-state index in [1.807, 2.05) is 48.5 Å². The SMILES string of the molecule is NCC(=O)N1CCC(COC(=O)Cc2nnc(-c3ccccc3)s2)(C(=O)CCc2ccccc2Cl)CC1. The van der Waals surface area contributed by atoms with Crippen LogP contribution in [0.1, 0.15) is 29.8 Å². The summed E-state index contributed by atoms with van der Waals surface area (Å²) in [6.45, 7) is 0.669. The van der Waals surface area contributed by atoms with Crippen LogP contribution in [0.5, 0.6) is 0 Å². The molecule has 1 aliphatic heterocycles. The first-order valence-corrected chi connectivity index (χ1v) is 13.4. The largest absolute Gasteiger partial charge is 0.464 e. The van der Waals surface area contributed by atoms with E-state index >= 15 is 0 Å². The van der Waals surface area contributed by atoms with Gasteiger partial charge in [-0.3, -0.25) is 14.4 Å². The highest BCUT2D eigenvalue weighted by Crippen LogP contribution is 2.35. The first kappa shape index (κ1) is 26.9. The molecule has 10 heteroatoms. The summed E-state index contributed by atoms with van der Waals surface area (Å²) in [5.74, 6) is -0.614. The summed E-state index contributed by atoms with van der Waals surface area (Å²) in [5, 5.41) is 10.2. The van der Waals surface area contributed by atoms with Gasteiger partial charge in [-0.15, -0.1) is 10.2 Å². The van der Waals surface area contributed by atoms with Gasteiger partial charge in [-0.2, -0.15) is 0 Å². The molecule has 0 atom stereocenters. The second kappa shape index (κ2) is 12.4. The summed E-state index contributed by atoms with van der Waals surface area (Å²) < 4.78 is 5.65. The molecule has 1 amide bonds. The number of likely N-dealkylation sites (tertiary alicyclic amines) is 1. The number of carbonyl (C=O) groups is 3. The summed E-state index contributed by atoms with van der Waals surface area (Å²) in [6, 6.07) is 17.0. The number of piperidine rings is 1. The number of hydrogen-bond acceptors (Lipinski definition) is 8. The van der Waals surface area contributed by atoms with Crippen LogP contribution in [-0.4, -0.2) is 59.0 Å². The second-order valence-corrected chi connectivity index (χ2v) is 10.6. The van der Waals surface area contributed by atoms with Crippen molar-refractivity contribution in [2.75, 3.05) is 26.2 Å². The van der Waals surface area contributed by atoms with E-state index in [1.54, 1.807) is 11.0 Å². The van der Waals surface area contributed by atoms with E-state index < -0.39 is 11.4 Å². The fourth-order valence-electron chi connectivity index (χ4n) is 4.45. The summed E-state index contributed by atoms with van der Waals surface area (Å²) in [4.78, 5) is 39.9. The van der Waals surface area contributed by atoms with Crippen molar-refractivity contribution in [3.8, 4) is 10.6 Å². The molecule has 0 saturated carbocycles. The number of aromatic nitrogens is 2. The van der Waals surface area contributed by atoms with Gasteiger partial charge in [0.2, 0.25) is 5.91 Å². The number of carbonyl (C=O) groups excluding carboxylic acids is 3. The van der Waals surface area contributed by atoms with Crippen molar-refractivity contribution in [2.24, 2.45) is 11.1 Å². The van der Waals surface area contributed by atoms with Crippen molar-refractivity contribution in [1.82, 2.24) is 15.1 Å². The minimum Gasteiger partial charge on any atom is -0.464 e. The molecular weight excluding hydrogens is 512 g/mol. The van der Waals surface area contributed by atoms with Crippen LogP contribution in [0.25, 0.3) is 10.6 Å². The molecule has 2 N–H and O–H groups in total. The lowest BCUT2D eigenvalue weighted by Crippen LogP contribution is -2.50. The van der Waals surface area contributed by atoms with Gasteiger partial charge in [0.1, 0.15) is 22.4 Å². The Morgan fingerprint density at radius 1 is 1.03 bits per heavy atom. The average molecular weight is 541 g/mol. The number of amides is 1. The van der Waals surface area contributed by atoms with Crippen molar-refractivity contribution >= 4 is 40.6 Å². The van der Waals surface area contributed by atoms with E-state index in [-0.39, 0.29) is 37.7 Å². The van der Waals surface area contributed by atoms with Gasteiger partial charge < -0.3 is 15.4 Å². The highest BCUT2D eigenvalue weighted by Gasteiger charge is 2.42. The molecule has 0 radical (unpaired) electrons. The third-order valence-corrected chi connectivity index (χ3v) is 8.05. The molecule has 2 heterocycles. The van der Waals surface area contributed by atoms with Crippen molar-refractivity contribution in [2.45, 2.75) is 32.1 Å². The Morgan fingerprint density at radius 3 is 2.43 bits per heavy atom. The molecule has 0 bridgehead atoms. The molecule has 2 aromatic carbocycles. The standard InChI is InChI=1S/C27H29ClN4O4S/c28-21-9-5-4-6-19(21)10-11-22(33)27(12-14-32(15-13-27)24(34)17-29)18-36-25(35)16-23-30-31-26(37-23)20-7-2-1-3-8-20/h1-9H,10-18,29H2. The highest BCUT2D eigenvalue weighted by molar-refractivity contribution is 7.14.